The predicted octanol–water partition coefficient (Wildman–Crippen LogP) is 4.11. The van der Waals surface area contributed by atoms with Gasteiger partial charge in [-0.3, -0.25) is 0 Å². The molecule has 3 aromatic rings. The molecule has 0 spiro atoms. The van der Waals surface area contributed by atoms with E-state index in [0.29, 0.717) is 20.9 Å². The minimum atomic E-state index is -0.489. The Balaban J connectivity index is 1.63. The molecule has 0 aliphatic heterocycles. The average molecular weight is 390 g/mol. The number of hydrogen-bond acceptors (Lipinski definition) is 4. The van der Waals surface area contributed by atoms with Crippen molar-refractivity contribution in [1.29, 1.82) is 0 Å². The fourth-order valence-corrected chi connectivity index (χ4v) is 2.96. The number of nitrogens with zero attached hydrogens (tertiary/aromatic N) is 2. The second-order valence-electron chi connectivity index (χ2n) is 5.63. The van der Waals surface area contributed by atoms with Crippen molar-refractivity contribution in [2.24, 2.45) is 0 Å². The van der Waals surface area contributed by atoms with Crippen LogP contribution in [0, 0.1) is 4.77 Å². The molecular weight excluding hydrogens is 374 g/mol. The van der Waals surface area contributed by atoms with E-state index < -0.39 is 5.97 Å². The van der Waals surface area contributed by atoms with Crippen LogP contribution in [0.2, 0.25) is 5.02 Å². The second-order valence-corrected chi connectivity index (χ2v) is 6.46. The third-order valence-corrected chi connectivity index (χ3v) is 4.35. The molecule has 6 nitrogen and oxygen atoms in total. The number of nitrogens with one attached hydrogen (secondary N) is 1. The Labute approximate surface area is 159 Å². The molecule has 1 N–H and O–H groups in total. The van der Waals surface area contributed by atoms with Gasteiger partial charge in [0.25, 0.3) is 0 Å². The number of aromatic amines is 1. The lowest BCUT2D eigenvalue weighted by atomic mass is 10.2. The quantitative estimate of drug-likeness (QED) is 0.538. The standard InChI is InChI=1S/C18H16ClN3O3S/c1-21(9-10-25-16(23)12-5-4-6-13(19)11-12)18(24)22-15-8-3-2-7-14(15)20-17(22)26/h2-8,11H,9-10H2,1H3,(H,20,26). The summed E-state index contributed by atoms with van der Waals surface area (Å²) in [5, 5.41) is 0.459. The second kappa shape index (κ2) is 7.72. The molecule has 134 valence electrons. The summed E-state index contributed by atoms with van der Waals surface area (Å²) in [6.07, 6.45) is 0. The molecule has 0 bridgehead atoms. The number of rotatable bonds is 4. The number of imidazole rings is 1. The smallest absolute Gasteiger partial charge is 0.338 e. The average Bonchev–Trinajstić information content (AvgIpc) is 2.96. The molecule has 0 atom stereocenters. The topological polar surface area (TPSA) is 67.3 Å². The lowest BCUT2D eigenvalue weighted by molar-refractivity contribution is 0.0482. The lowest BCUT2D eigenvalue weighted by Crippen LogP contribution is -2.34. The summed E-state index contributed by atoms with van der Waals surface area (Å²) in [6.45, 7) is 0.287. The highest BCUT2D eigenvalue weighted by atomic mass is 35.5. The van der Waals surface area contributed by atoms with Crippen molar-refractivity contribution in [3.63, 3.8) is 0 Å². The van der Waals surface area contributed by atoms with Gasteiger partial charge < -0.3 is 14.6 Å². The third-order valence-electron chi connectivity index (χ3n) is 3.83. The molecule has 1 amide bonds. The van der Waals surface area contributed by atoms with Crippen LogP contribution < -0.4 is 0 Å². The van der Waals surface area contributed by atoms with Gasteiger partial charge in [-0.05, 0) is 42.5 Å². The van der Waals surface area contributed by atoms with Crippen molar-refractivity contribution < 1.29 is 14.3 Å². The Morgan fingerprint density at radius 3 is 2.77 bits per heavy atom. The van der Waals surface area contributed by atoms with E-state index in [2.05, 4.69) is 4.98 Å². The molecule has 26 heavy (non-hydrogen) atoms. The van der Waals surface area contributed by atoms with Crippen LogP contribution in [0.25, 0.3) is 11.0 Å². The van der Waals surface area contributed by atoms with Crippen LogP contribution in [0.3, 0.4) is 0 Å². The summed E-state index contributed by atoms with van der Waals surface area (Å²) < 4.78 is 6.94. The number of likely N-dealkylation sites (N-methyl/N-ethyl adjacent to an activating group) is 1. The van der Waals surface area contributed by atoms with Crippen LogP contribution in [-0.4, -0.2) is 46.7 Å². The Kier molecular flexibility index (Phi) is 5.39. The summed E-state index contributed by atoms with van der Waals surface area (Å²) in [4.78, 5) is 29.1. The largest absolute Gasteiger partial charge is 0.460 e. The van der Waals surface area contributed by atoms with Crippen LogP contribution in [-0.2, 0) is 4.74 Å². The maximum absolute atomic E-state index is 12.7. The van der Waals surface area contributed by atoms with Crippen molar-refractivity contribution in [3.05, 3.63) is 63.9 Å². The molecule has 0 aliphatic rings. The molecule has 0 saturated carbocycles. The Bertz CT molecular complexity index is 1030. The van der Waals surface area contributed by atoms with Crippen LogP contribution in [0.1, 0.15) is 10.4 Å². The molecule has 1 aromatic heterocycles. The number of hydrogen-bond donors (Lipinski definition) is 1. The number of carbonyl (C=O) groups is 2. The van der Waals surface area contributed by atoms with E-state index in [-0.39, 0.29) is 19.2 Å². The van der Waals surface area contributed by atoms with Crippen molar-refractivity contribution in [2.75, 3.05) is 20.2 Å². The van der Waals surface area contributed by atoms with Crippen LogP contribution in [0.5, 0.6) is 0 Å². The third kappa shape index (κ3) is 3.79. The number of amides is 1. The summed E-state index contributed by atoms with van der Waals surface area (Å²) in [6, 6.07) is 13.6. The fourth-order valence-electron chi connectivity index (χ4n) is 2.49. The van der Waals surface area contributed by atoms with E-state index in [0.717, 1.165) is 5.52 Å². The van der Waals surface area contributed by atoms with Gasteiger partial charge in [-0.25, -0.2) is 14.2 Å². The first kappa shape index (κ1) is 18.2. The zero-order chi connectivity index (χ0) is 18.7. The van der Waals surface area contributed by atoms with Crippen molar-refractivity contribution in [1.82, 2.24) is 14.5 Å². The van der Waals surface area contributed by atoms with Crippen molar-refractivity contribution in [3.8, 4) is 0 Å². The first-order valence-corrected chi connectivity index (χ1v) is 8.64. The van der Waals surface area contributed by atoms with Gasteiger partial charge in [0.1, 0.15) is 6.61 Å². The van der Waals surface area contributed by atoms with E-state index in [1.54, 1.807) is 25.2 Å². The summed E-state index contributed by atoms with van der Waals surface area (Å²) >= 11 is 11.1. The number of para-hydroxylation sites is 2. The minimum absolute atomic E-state index is 0.0588. The molecule has 0 saturated heterocycles. The maximum Gasteiger partial charge on any atom is 0.338 e. The molecule has 0 aliphatic carbocycles. The van der Waals surface area contributed by atoms with E-state index in [1.807, 2.05) is 24.3 Å². The number of ether oxygens (including phenoxy) is 1. The molecule has 8 heteroatoms. The zero-order valence-electron chi connectivity index (χ0n) is 13.9. The van der Waals surface area contributed by atoms with Gasteiger partial charge in [-0.2, -0.15) is 0 Å². The van der Waals surface area contributed by atoms with Gasteiger partial charge in [0.15, 0.2) is 4.77 Å². The predicted molar refractivity (Wildman–Crippen MR) is 102 cm³/mol. The van der Waals surface area contributed by atoms with Gasteiger partial charge in [0.2, 0.25) is 0 Å². The highest BCUT2D eigenvalue weighted by Gasteiger charge is 2.16. The summed E-state index contributed by atoms with van der Waals surface area (Å²) in [7, 11) is 1.62. The zero-order valence-corrected chi connectivity index (χ0v) is 15.5. The van der Waals surface area contributed by atoms with Gasteiger partial charge >= 0.3 is 12.0 Å². The number of esters is 1. The van der Waals surface area contributed by atoms with Crippen LogP contribution >= 0.6 is 23.8 Å². The Morgan fingerprint density at radius 2 is 2.00 bits per heavy atom. The number of aromatic nitrogens is 2. The number of halogens is 1. The number of benzene rings is 2. The van der Waals surface area contributed by atoms with Crippen LogP contribution in [0.4, 0.5) is 4.79 Å². The lowest BCUT2D eigenvalue weighted by Gasteiger charge is -2.17. The van der Waals surface area contributed by atoms with E-state index >= 15 is 0 Å². The highest BCUT2D eigenvalue weighted by Crippen LogP contribution is 2.14. The molecular formula is C18H16ClN3O3S. The number of fused-ring (bicyclic) bond motifs is 1. The Morgan fingerprint density at radius 1 is 1.23 bits per heavy atom. The monoisotopic (exact) mass is 389 g/mol. The van der Waals surface area contributed by atoms with Crippen molar-refractivity contribution >= 4 is 46.9 Å². The number of carbonyl (C=O) groups excluding carboxylic acids is 2. The first-order valence-electron chi connectivity index (χ1n) is 7.85. The maximum atomic E-state index is 12.7. The molecule has 0 fully saturated rings. The summed E-state index contributed by atoms with van der Waals surface area (Å²) in [5.74, 6) is -0.489. The van der Waals surface area contributed by atoms with Gasteiger partial charge in [0, 0.05) is 12.1 Å². The van der Waals surface area contributed by atoms with Gasteiger partial charge in [-0.15, -0.1) is 0 Å². The Hall–Kier alpha value is -2.64. The van der Waals surface area contributed by atoms with E-state index in [9.17, 15) is 9.59 Å². The normalized spacial score (nSPS) is 10.7. The highest BCUT2D eigenvalue weighted by molar-refractivity contribution is 7.71. The number of H-pyrrole nitrogens is 1. The molecule has 0 unspecified atom stereocenters. The van der Waals surface area contributed by atoms with E-state index in [4.69, 9.17) is 28.6 Å². The fraction of sp³-hybridized carbons (Fsp3) is 0.167. The van der Waals surface area contributed by atoms with Gasteiger partial charge in [-0.1, -0.05) is 29.8 Å². The molecule has 3 rings (SSSR count). The van der Waals surface area contributed by atoms with Gasteiger partial charge in [0.05, 0.1) is 23.1 Å². The van der Waals surface area contributed by atoms with E-state index in [1.165, 1.54) is 15.5 Å². The van der Waals surface area contributed by atoms with Crippen molar-refractivity contribution in [2.45, 2.75) is 0 Å². The summed E-state index contributed by atoms with van der Waals surface area (Å²) in [5.41, 5.74) is 1.85. The molecule has 1 heterocycles. The van der Waals surface area contributed by atoms with Crippen LogP contribution in [0.15, 0.2) is 48.5 Å². The molecule has 2 aromatic carbocycles. The minimum Gasteiger partial charge on any atom is -0.460 e. The first-order chi connectivity index (χ1) is 12.5. The SMILES string of the molecule is CN(CCOC(=O)c1cccc(Cl)c1)C(=O)n1c(=S)[nH]c2ccccc21. The molecule has 0 radical (unpaired) electrons.